The molecule has 0 saturated heterocycles. The topological polar surface area (TPSA) is 9.23 Å². The van der Waals surface area contributed by atoms with Gasteiger partial charge in [0.2, 0.25) is 0 Å². The average molecular weight is 212 g/mol. The molecule has 1 nitrogen and oxygen atoms in total. The van der Waals surface area contributed by atoms with Crippen LogP contribution in [0.4, 0.5) is 0 Å². The highest BCUT2D eigenvalue weighted by Gasteiger charge is 2.14. The Morgan fingerprint density at radius 2 is 1.80 bits per heavy atom. The van der Waals surface area contributed by atoms with Crippen LogP contribution >= 0.6 is 0 Å². The van der Waals surface area contributed by atoms with E-state index in [0.717, 1.165) is 18.4 Å². The SMILES string of the molecule is CC(C)C[C@H](C)CCCOC1CCCC1. The maximum atomic E-state index is 5.86. The molecular formula is C14H28O. The molecule has 0 heterocycles. The highest BCUT2D eigenvalue weighted by molar-refractivity contribution is 4.66. The first-order valence-corrected chi connectivity index (χ1v) is 6.80. The van der Waals surface area contributed by atoms with Crippen LogP contribution in [0.2, 0.25) is 0 Å². The predicted molar refractivity (Wildman–Crippen MR) is 66.1 cm³/mol. The molecule has 0 aliphatic heterocycles. The molecule has 1 fully saturated rings. The zero-order chi connectivity index (χ0) is 11.1. The molecule has 0 spiro atoms. The van der Waals surface area contributed by atoms with Crippen LogP contribution in [0.5, 0.6) is 0 Å². The van der Waals surface area contributed by atoms with Crippen molar-refractivity contribution in [3.05, 3.63) is 0 Å². The summed E-state index contributed by atoms with van der Waals surface area (Å²) in [7, 11) is 0. The van der Waals surface area contributed by atoms with Crippen molar-refractivity contribution < 1.29 is 4.74 Å². The molecule has 0 amide bonds. The van der Waals surface area contributed by atoms with E-state index in [1.54, 1.807) is 0 Å². The minimum atomic E-state index is 0.602. The summed E-state index contributed by atoms with van der Waals surface area (Å²) in [5.74, 6) is 1.72. The van der Waals surface area contributed by atoms with Gasteiger partial charge in [-0.05, 0) is 43.9 Å². The van der Waals surface area contributed by atoms with Crippen LogP contribution in [-0.4, -0.2) is 12.7 Å². The van der Waals surface area contributed by atoms with Crippen LogP contribution in [0.15, 0.2) is 0 Å². The van der Waals surface area contributed by atoms with E-state index in [4.69, 9.17) is 4.74 Å². The van der Waals surface area contributed by atoms with Crippen LogP contribution in [0, 0.1) is 11.8 Å². The van der Waals surface area contributed by atoms with Crippen LogP contribution < -0.4 is 0 Å². The van der Waals surface area contributed by atoms with E-state index in [2.05, 4.69) is 20.8 Å². The maximum absolute atomic E-state index is 5.86. The fraction of sp³-hybridized carbons (Fsp3) is 1.00. The fourth-order valence-corrected chi connectivity index (χ4v) is 2.66. The molecular weight excluding hydrogens is 184 g/mol. The summed E-state index contributed by atoms with van der Waals surface area (Å²) >= 11 is 0. The summed E-state index contributed by atoms with van der Waals surface area (Å²) in [6.45, 7) is 7.99. The highest BCUT2D eigenvalue weighted by Crippen LogP contribution is 2.22. The first kappa shape index (κ1) is 13.0. The van der Waals surface area contributed by atoms with Gasteiger partial charge < -0.3 is 4.74 Å². The fourth-order valence-electron chi connectivity index (χ4n) is 2.66. The third-order valence-corrected chi connectivity index (χ3v) is 3.37. The molecule has 1 rings (SSSR count). The van der Waals surface area contributed by atoms with E-state index in [-0.39, 0.29) is 0 Å². The maximum Gasteiger partial charge on any atom is 0.0575 e. The van der Waals surface area contributed by atoms with E-state index < -0.39 is 0 Å². The third kappa shape index (κ3) is 6.19. The second-order valence-corrected chi connectivity index (χ2v) is 5.65. The molecule has 0 aromatic heterocycles. The molecule has 0 aromatic rings. The second kappa shape index (κ2) is 7.27. The number of rotatable bonds is 7. The lowest BCUT2D eigenvalue weighted by molar-refractivity contribution is 0.0538. The van der Waals surface area contributed by atoms with Crippen molar-refractivity contribution in [3.63, 3.8) is 0 Å². The quantitative estimate of drug-likeness (QED) is 0.568. The zero-order valence-corrected chi connectivity index (χ0v) is 10.8. The third-order valence-electron chi connectivity index (χ3n) is 3.37. The molecule has 0 N–H and O–H groups in total. The van der Waals surface area contributed by atoms with Crippen LogP contribution in [0.1, 0.15) is 65.7 Å². The van der Waals surface area contributed by atoms with E-state index in [0.29, 0.717) is 6.10 Å². The second-order valence-electron chi connectivity index (χ2n) is 5.65. The van der Waals surface area contributed by atoms with Crippen molar-refractivity contribution in [2.24, 2.45) is 11.8 Å². The molecule has 1 aliphatic carbocycles. The largest absolute Gasteiger partial charge is 0.378 e. The van der Waals surface area contributed by atoms with Crippen molar-refractivity contribution in [1.29, 1.82) is 0 Å². The van der Waals surface area contributed by atoms with Gasteiger partial charge in [-0.25, -0.2) is 0 Å². The Bertz CT molecular complexity index is 147. The molecule has 0 unspecified atom stereocenters. The molecule has 15 heavy (non-hydrogen) atoms. The van der Waals surface area contributed by atoms with E-state index >= 15 is 0 Å². The normalized spacial score (nSPS) is 20.0. The molecule has 0 aromatic carbocycles. The van der Waals surface area contributed by atoms with Gasteiger partial charge in [0.15, 0.2) is 0 Å². The summed E-state index contributed by atoms with van der Waals surface area (Å²) in [6.07, 6.45) is 9.94. The molecule has 0 radical (unpaired) electrons. The van der Waals surface area contributed by atoms with Gasteiger partial charge in [0.1, 0.15) is 0 Å². The smallest absolute Gasteiger partial charge is 0.0575 e. The minimum absolute atomic E-state index is 0.602. The Hall–Kier alpha value is -0.0400. The molecule has 1 heteroatoms. The number of hydrogen-bond acceptors (Lipinski definition) is 1. The van der Waals surface area contributed by atoms with Gasteiger partial charge in [0.25, 0.3) is 0 Å². The predicted octanol–water partition coefficient (Wildman–Crippen LogP) is 4.41. The van der Waals surface area contributed by atoms with Crippen molar-refractivity contribution in [1.82, 2.24) is 0 Å². The summed E-state index contributed by atoms with van der Waals surface area (Å²) in [5.41, 5.74) is 0. The first-order chi connectivity index (χ1) is 7.18. The van der Waals surface area contributed by atoms with Crippen molar-refractivity contribution in [3.8, 4) is 0 Å². The van der Waals surface area contributed by atoms with Gasteiger partial charge in [-0.15, -0.1) is 0 Å². The average Bonchev–Trinajstić information content (AvgIpc) is 2.63. The summed E-state index contributed by atoms with van der Waals surface area (Å²) < 4.78 is 5.86. The Morgan fingerprint density at radius 1 is 1.13 bits per heavy atom. The Labute approximate surface area is 95.6 Å². The van der Waals surface area contributed by atoms with E-state index in [9.17, 15) is 0 Å². The van der Waals surface area contributed by atoms with Gasteiger partial charge in [0, 0.05) is 6.61 Å². The van der Waals surface area contributed by atoms with Crippen LogP contribution in [0.3, 0.4) is 0 Å². The van der Waals surface area contributed by atoms with Gasteiger partial charge in [0.05, 0.1) is 6.10 Å². The van der Waals surface area contributed by atoms with Crippen molar-refractivity contribution >= 4 is 0 Å². The summed E-state index contributed by atoms with van der Waals surface area (Å²) in [4.78, 5) is 0. The highest BCUT2D eigenvalue weighted by atomic mass is 16.5. The molecule has 0 bridgehead atoms. The summed E-state index contributed by atoms with van der Waals surface area (Å²) in [5, 5.41) is 0. The lowest BCUT2D eigenvalue weighted by Gasteiger charge is -2.15. The lowest BCUT2D eigenvalue weighted by Crippen LogP contribution is -2.09. The standard InChI is InChI=1S/C14H28O/c1-12(2)11-13(3)7-6-10-15-14-8-4-5-9-14/h12-14H,4-11H2,1-3H3/t13-/m1/s1. The number of ether oxygens (including phenoxy) is 1. The van der Waals surface area contributed by atoms with Crippen LogP contribution in [-0.2, 0) is 4.74 Å². The first-order valence-electron chi connectivity index (χ1n) is 6.80. The molecule has 1 atom stereocenters. The van der Waals surface area contributed by atoms with Crippen molar-refractivity contribution in [2.45, 2.75) is 71.8 Å². The monoisotopic (exact) mass is 212 g/mol. The Morgan fingerprint density at radius 3 is 2.40 bits per heavy atom. The van der Waals surface area contributed by atoms with Gasteiger partial charge in [-0.2, -0.15) is 0 Å². The Balaban J connectivity index is 1.91. The molecule has 90 valence electrons. The van der Waals surface area contributed by atoms with Gasteiger partial charge in [-0.3, -0.25) is 0 Å². The van der Waals surface area contributed by atoms with Gasteiger partial charge in [-0.1, -0.05) is 33.6 Å². The van der Waals surface area contributed by atoms with Crippen LogP contribution in [0.25, 0.3) is 0 Å². The molecule has 1 aliphatic rings. The van der Waals surface area contributed by atoms with E-state index in [1.807, 2.05) is 0 Å². The lowest BCUT2D eigenvalue weighted by atomic mass is 9.95. The summed E-state index contributed by atoms with van der Waals surface area (Å²) in [6, 6.07) is 0. The minimum Gasteiger partial charge on any atom is -0.378 e. The number of hydrogen-bond donors (Lipinski definition) is 0. The van der Waals surface area contributed by atoms with E-state index in [1.165, 1.54) is 44.9 Å². The molecule has 1 saturated carbocycles. The Kier molecular flexibility index (Phi) is 6.31. The zero-order valence-electron chi connectivity index (χ0n) is 10.8. The van der Waals surface area contributed by atoms with Gasteiger partial charge >= 0.3 is 0 Å². The van der Waals surface area contributed by atoms with Crippen molar-refractivity contribution in [2.75, 3.05) is 6.61 Å².